The Kier molecular flexibility index (Phi) is 5.34. The van der Waals surface area contributed by atoms with Gasteiger partial charge in [0.1, 0.15) is 0 Å². The van der Waals surface area contributed by atoms with Crippen LogP contribution < -0.4 is 10.6 Å². The standard InChI is InChI=1S/C19H24N2S2/c1-3-13(2)14-6-8-15(9-7-14)18(17-5-4-12-23-17)21-19(22)20-16-10-11-16/h4-9,12-13,16,18H,3,10-11H2,1-2H3,(H2,20,21,22)/t13-,18-/m1/s1. The molecule has 4 heteroatoms. The van der Waals surface area contributed by atoms with Gasteiger partial charge in [-0.15, -0.1) is 11.3 Å². The van der Waals surface area contributed by atoms with Gasteiger partial charge in [-0.1, -0.05) is 44.2 Å². The molecule has 2 aromatic rings. The molecule has 1 aliphatic rings. The van der Waals surface area contributed by atoms with Gasteiger partial charge >= 0.3 is 0 Å². The van der Waals surface area contributed by atoms with Crippen LogP contribution >= 0.6 is 23.6 Å². The Labute approximate surface area is 148 Å². The largest absolute Gasteiger partial charge is 0.360 e. The van der Waals surface area contributed by atoms with Crippen molar-refractivity contribution in [2.24, 2.45) is 0 Å². The summed E-state index contributed by atoms with van der Waals surface area (Å²) in [5, 5.41) is 9.76. The topological polar surface area (TPSA) is 24.1 Å². The van der Waals surface area contributed by atoms with Crippen LogP contribution in [0.2, 0.25) is 0 Å². The van der Waals surface area contributed by atoms with E-state index >= 15 is 0 Å². The van der Waals surface area contributed by atoms with Gasteiger partial charge in [0.05, 0.1) is 6.04 Å². The molecule has 0 aliphatic heterocycles. The molecule has 0 unspecified atom stereocenters. The van der Waals surface area contributed by atoms with Crippen LogP contribution in [0.3, 0.4) is 0 Å². The predicted octanol–water partition coefficient (Wildman–Crippen LogP) is 4.98. The van der Waals surface area contributed by atoms with Crippen molar-refractivity contribution in [3.05, 3.63) is 57.8 Å². The summed E-state index contributed by atoms with van der Waals surface area (Å²) in [6, 6.07) is 13.9. The Morgan fingerprint density at radius 2 is 1.91 bits per heavy atom. The molecular weight excluding hydrogens is 320 g/mol. The van der Waals surface area contributed by atoms with E-state index in [1.54, 1.807) is 11.3 Å². The Hall–Kier alpha value is -1.39. The fourth-order valence-corrected chi connectivity index (χ4v) is 3.70. The molecular formula is C19H24N2S2. The van der Waals surface area contributed by atoms with Gasteiger partial charge in [-0.2, -0.15) is 0 Å². The maximum Gasteiger partial charge on any atom is 0.167 e. The molecule has 0 radical (unpaired) electrons. The van der Waals surface area contributed by atoms with E-state index in [1.165, 1.54) is 35.3 Å². The summed E-state index contributed by atoms with van der Waals surface area (Å²) in [7, 11) is 0. The monoisotopic (exact) mass is 344 g/mol. The molecule has 0 saturated heterocycles. The maximum absolute atomic E-state index is 5.49. The van der Waals surface area contributed by atoms with E-state index in [9.17, 15) is 0 Å². The van der Waals surface area contributed by atoms with Crippen molar-refractivity contribution in [1.29, 1.82) is 0 Å². The third kappa shape index (κ3) is 4.33. The maximum atomic E-state index is 5.49. The second-order valence-electron chi connectivity index (χ2n) is 6.32. The molecule has 1 aliphatic carbocycles. The Balaban J connectivity index is 1.78. The molecule has 23 heavy (non-hydrogen) atoms. The molecule has 122 valence electrons. The van der Waals surface area contributed by atoms with Gasteiger partial charge in [-0.25, -0.2) is 0 Å². The van der Waals surface area contributed by atoms with Crippen LogP contribution in [0.15, 0.2) is 41.8 Å². The van der Waals surface area contributed by atoms with E-state index < -0.39 is 0 Å². The molecule has 1 aromatic heterocycles. The molecule has 0 bridgehead atoms. The van der Waals surface area contributed by atoms with Crippen molar-refractivity contribution in [2.45, 2.75) is 51.1 Å². The summed E-state index contributed by atoms with van der Waals surface area (Å²) in [5.74, 6) is 0.606. The van der Waals surface area contributed by atoms with Crippen molar-refractivity contribution < 1.29 is 0 Å². The van der Waals surface area contributed by atoms with Gasteiger partial charge < -0.3 is 10.6 Å². The second-order valence-corrected chi connectivity index (χ2v) is 7.70. The first-order chi connectivity index (χ1) is 11.2. The van der Waals surface area contributed by atoms with Crippen LogP contribution in [-0.2, 0) is 0 Å². The lowest BCUT2D eigenvalue weighted by atomic mass is 9.95. The lowest BCUT2D eigenvalue weighted by Gasteiger charge is -2.21. The highest BCUT2D eigenvalue weighted by atomic mass is 32.1. The Bertz CT molecular complexity index is 630. The van der Waals surface area contributed by atoms with Gasteiger partial charge in [0.2, 0.25) is 0 Å². The van der Waals surface area contributed by atoms with E-state index in [2.05, 4.69) is 66.3 Å². The third-order valence-corrected chi connectivity index (χ3v) is 5.64. The third-order valence-electron chi connectivity index (χ3n) is 4.47. The van der Waals surface area contributed by atoms with Crippen molar-refractivity contribution in [3.8, 4) is 0 Å². The highest BCUT2D eigenvalue weighted by Crippen LogP contribution is 2.28. The van der Waals surface area contributed by atoms with Crippen LogP contribution in [0.25, 0.3) is 0 Å². The van der Waals surface area contributed by atoms with Crippen LogP contribution in [-0.4, -0.2) is 11.2 Å². The molecule has 0 spiro atoms. The van der Waals surface area contributed by atoms with Gasteiger partial charge in [0.15, 0.2) is 5.11 Å². The number of nitrogens with one attached hydrogen (secondary N) is 2. The summed E-state index contributed by atoms with van der Waals surface area (Å²) in [6.07, 6.45) is 3.63. The van der Waals surface area contributed by atoms with E-state index in [4.69, 9.17) is 12.2 Å². The molecule has 0 amide bonds. The first kappa shape index (κ1) is 16.5. The number of hydrogen-bond acceptors (Lipinski definition) is 2. The molecule has 2 N–H and O–H groups in total. The Morgan fingerprint density at radius 1 is 1.22 bits per heavy atom. The summed E-state index contributed by atoms with van der Waals surface area (Å²) in [5.41, 5.74) is 2.67. The van der Waals surface area contributed by atoms with Crippen molar-refractivity contribution >= 4 is 28.7 Å². The average molecular weight is 345 g/mol. The average Bonchev–Trinajstić information content (AvgIpc) is 3.21. The summed E-state index contributed by atoms with van der Waals surface area (Å²) >= 11 is 7.26. The van der Waals surface area contributed by atoms with E-state index in [0.717, 1.165) is 5.11 Å². The Morgan fingerprint density at radius 3 is 2.48 bits per heavy atom. The SMILES string of the molecule is CC[C@@H](C)c1ccc([C@@H](NC(=S)NC2CC2)c2cccs2)cc1. The molecule has 1 saturated carbocycles. The normalized spacial score (nSPS) is 16.6. The zero-order valence-electron chi connectivity index (χ0n) is 13.7. The van der Waals surface area contributed by atoms with Gasteiger partial charge in [-0.05, 0) is 60.0 Å². The van der Waals surface area contributed by atoms with Gasteiger partial charge in [0.25, 0.3) is 0 Å². The van der Waals surface area contributed by atoms with Crippen LogP contribution in [0.1, 0.15) is 61.1 Å². The summed E-state index contributed by atoms with van der Waals surface area (Å²) < 4.78 is 0. The number of hydrogen-bond donors (Lipinski definition) is 2. The fraction of sp³-hybridized carbons (Fsp3) is 0.421. The molecule has 1 fully saturated rings. The van der Waals surface area contributed by atoms with E-state index in [-0.39, 0.29) is 6.04 Å². The number of benzene rings is 1. The van der Waals surface area contributed by atoms with E-state index in [0.29, 0.717) is 12.0 Å². The van der Waals surface area contributed by atoms with Crippen LogP contribution in [0.4, 0.5) is 0 Å². The van der Waals surface area contributed by atoms with Crippen molar-refractivity contribution in [2.75, 3.05) is 0 Å². The molecule has 3 rings (SSSR count). The second kappa shape index (κ2) is 7.45. The van der Waals surface area contributed by atoms with Gasteiger partial charge in [0, 0.05) is 10.9 Å². The lowest BCUT2D eigenvalue weighted by molar-refractivity contribution is 0.725. The predicted molar refractivity (Wildman–Crippen MR) is 103 cm³/mol. The van der Waals surface area contributed by atoms with Crippen molar-refractivity contribution in [1.82, 2.24) is 10.6 Å². The number of thiophene rings is 1. The minimum Gasteiger partial charge on any atom is -0.360 e. The number of rotatable bonds is 6. The van der Waals surface area contributed by atoms with E-state index in [1.807, 2.05) is 0 Å². The molecule has 1 heterocycles. The zero-order chi connectivity index (χ0) is 16.2. The first-order valence-electron chi connectivity index (χ1n) is 8.37. The smallest absolute Gasteiger partial charge is 0.167 e. The lowest BCUT2D eigenvalue weighted by Crippen LogP contribution is -2.39. The quantitative estimate of drug-likeness (QED) is 0.723. The first-order valence-corrected chi connectivity index (χ1v) is 9.66. The minimum absolute atomic E-state index is 0.125. The fourth-order valence-electron chi connectivity index (χ4n) is 2.61. The summed E-state index contributed by atoms with van der Waals surface area (Å²) in [4.78, 5) is 1.29. The van der Waals surface area contributed by atoms with Gasteiger partial charge in [-0.3, -0.25) is 0 Å². The highest BCUT2D eigenvalue weighted by Gasteiger charge is 2.23. The van der Waals surface area contributed by atoms with Crippen molar-refractivity contribution in [3.63, 3.8) is 0 Å². The highest BCUT2D eigenvalue weighted by molar-refractivity contribution is 7.80. The molecule has 2 nitrogen and oxygen atoms in total. The minimum atomic E-state index is 0.125. The van der Waals surface area contributed by atoms with Crippen LogP contribution in [0.5, 0.6) is 0 Å². The summed E-state index contributed by atoms with van der Waals surface area (Å²) in [6.45, 7) is 4.51. The van der Waals surface area contributed by atoms with Crippen LogP contribution in [0, 0.1) is 0 Å². The molecule has 1 aromatic carbocycles. The number of thiocarbonyl (C=S) groups is 1. The zero-order valence-corrected chi connectivity index (χ0v) is 15.3. The molecule has 2 atom stereocenters.